The quantitative estimate of drug-likeness (QED) is 0.385. The van der Waals surface area contributed by atoms with Crippen LogP contribution in [0.1, 0.15) is 42.6 Å². The third-order valence-electron chi connectivity index (χ3n) is 5.55. The molecular weight excluding hydrogens is 486 g/mol. The van der Waals surface area contributed by atoms with E-state index in [0.717, 1.165) is 18.4 Å². The summed E-state index contributed by atoms with van der Waals surface area (Å²) in [7, 11) is 0. The lowest BCUT2D eigenvalue weighted by Crippen LogP contribution is -2.44. The summed E-state index contributed by atoms with van der Waals surface area (Å²) in [6.45, 7) is 4.03. The smallest absolute Gasteiger partial charge is 0.302 e. The minimum Gasteiger partial charge on any atom is -0.490 e. The van der Waals surface area contributed by atoms with Gasteiger partial charge in [-0.25, -0.2) is 0 Å². The van der Waals surface area contributed by atoms with Crippen LogP contribution in [0.3, 0.4) is 0 Å². The molecule has 0 fully saturated rings. The highest BCUT2D eigenvalue weighted by Crippen LogP contribution is 2.30. The lowest BCUT2D eigenvalue weighted by atomic mass is 10.1. The number of para-hydroxylation sites is 1. The van der Waals surface area contributed by atoms with Crippen molar-refractivity contribution >= 4 is 41.0 Å². The van der Waals surface area contributed by atoms with Crippen molar-refractivity contribution in [1.82, 2.24) is 10.2 Å². The fraction of sp³-hybridized carbons (Fsp3) is 0.385. The van der Waals surface area contributed by atoms with E-state index in [2.05, 4.69) is 5.32 Å². The molecule has 192 valence electrons. The standard InChI is InChI=1S/C26H30ClN3O6/c1-3-4-11-28-24(32)16-29-15-19-7-5-6-8-23(19)30(17-25(29)33)26(34)21-10-9-20(14-22(21)27)36-13-12-35-18(2)31/h5-10,14H,3-4,11-13,15-17H2,1-2H3,(H,28,32). The summed E-state index contributed by atoms with van der Waals surface area (Å²) in [5.74, 6) is -1.01. The number of hydrogen-bond donors (Lipinski definition) is 1. The van der Waals surface area contributed by atoms with Crippen LogP contribution in [-0.2, 0) is 25.7 Å². The fourth-order valence-electron chi connectivity index (χ4n) is 3.73. The first-order chi connectivity index (χ1) is 17.3. The molecule has 36 heavy (non-hydrogen) atoms. The molecule has 2 aromatic carbocycles. The van der Waals surface area contributed by atoms with E-state index in [4.69, 9.17) is 21.1 Å². The number of ether oxygens (including phenoxy) is 2. The molecule has 10 heteroatoms. The third kappa shape index (κ3) is 7.21. The summed E-state index contributed by atoms with van der Waals surface area (Å²) in [4.78, 5) is 52.7. The Morgan fingerprint density at radius 3 is 2.58 bits per heavy atom. The molecule has 0 unspecified atom stereocenters. The predicted molar refractivity (Wildman–Crippen MR) is 135 cm³/mol. The molecule has 3 amide bonds. The Labute approximate surface area is 215 Å². The summed E-state index contributed by atoms with van der Waals surface area (Å²) in [5, 5.41) is 2.98. The molecule has 0 atom stereocenters. The topological polar surface area (TPSA) is 105 Å². The number of carbonyl (C=O) groups is 4. The van der Waals surface area contributed by atoms with Crippen LogP contribution in [0.2, 0.25) is 5.02 Å². The second-order valence-electron chi connectivity index (χ2n) is 8.30. The van der Waals surface area contributed by atoms with Crippen molar-refractivity contribution in [1.29, 1.82) is 0 Å². The zero-order valence-corrected chi connectivity index (χ0v) is 21.2. The highest BCUT2D eigenvalue weighted by atomic mass is 35.5. The van der Waals surface area contributed by atoms with E-state index in [1.165, 1.54) is 28.9 Å². The van der Waals surface area contributed by atoms with Crippen LogP contribution in [0.15, 0.2) is 42.5 Å². The SMILES string of the molecule is CCCCNC(=O)CN1Cc2ccccc2N(C(=O)c2ccc(OCCOC(C)=O)cc2Cl)CC1=O. The number of anilines is 1. The van der Waals surface area contributed by atoms with Gasteiger partial charge in [-0.05, 0) is 36.2 Å². The molecule has 1 heterocycles. The molecule has 0 saturated heterocycles. The summed E-state index contributed by atoms with van der Waals surface area (Å²) in [6, 6.07) is 11.8. The first kappa shape index (κ1) is 27.0. The number of halogens is 1. The number of hydrogen-bond acceptors (Lipinski definition) is 6. The molecule has 1 aliphatic rings. The monoisotopic (exact) mass is 515 g/mol. The first-order valence-corrected chi connectivity index (χ1v) is 12.2. The van der Waals surface area contributed by atoms with Crippen molar-refractivity contribution in [2.45, 2.75) is 33.2 Å². The Hall–Kier alpha value is -3.59. The van der Waals surface area contributed by atoms with Crippen molar-refractivity contribution < 1.29 is 28.7 Å². The van der Waals surface area contributed by atoms with Gasteiger partial charge in [-0.1, -0.05) is 43.1 Å². The van der Waals surface area contributed by atoms with E-state index in [9.17, 15) is 19.2 Å². The molecule has 1 N–H and O–H groups in total. The first-order valence-electron chi connectivity index (χ1n) is 11.8. The van der Waals surface area contributed by atoms with Crippen molar-refractivity contribution in [3.63, 3.8) is 0 Å². The van der Waals surface area contributed by atoms with E-state index in [0.29, 0.717) is 18.0 Å². The molecule has 0 spiro atoms. The van der Waals surface area contributed by atoms with Gasteiger partial charge in [0.2, 0.25) is 11.8 Å². The lowest BCUT2D eigenvalue weighted by molar-refractivity contribution is -0.141. The Bertz CT molecular complexity index is 1120. The molecule has 2 aromatic rings. The van der Waals surface area contributed by atoms with Crippen molar-refractivity contribution in [2.24, 2.45) is 0 Å². The minimum atomic E-state index is -0.443. The molecule has 0 aliphatic carbocycles. The lowest BCUT2D eigenvalue weighted by Gasteiger charge is -2.23. The van der Waals surface area contributed by atoms with E-state index in [1.54, 1.807) is 18.2 Å². The predicted octanol–water partition coefficient (Wildman–Crippen LogP) is 3.19. The molecular formula is C26H30ClN3O6. The van der Waals surface area contributed by atoms with Gasteiger partial charge in [0.25, 0.3) is 5.91 Å². The van der Waals surface area contributed by atoms with Crippen LogP contribution in [0.4, 0.5) is 5.69 Å². The van der Waals surface area contributed by atoms with Gasteiger partial charge in [0, 0.05) is 25.7 Å². The summed E-state index contributed by atoms with van der Waals surface area (Å²) >= 11 is 6.41. The second kappa shape index (κ2) is 12.9. The number of rotatable bonds is 10. The van der Waals surface area contributed by atoms with Crippen LogP contribution in [0, 0.1) is 0 Å². The average Bonchev–Trinajstić information content (AvgIpc) is 2.98. The molecule has 0 bridgehead atoms. The van der Waals surface area contributed by atoms with Gasteiger partial charge in [-0.2, -0.15) is 0 Å². The maximum absolute atomic E-state index is 13.5. The number of fused-ring (bicyclic) bond motifs is 1. The molecule has 1 aliphatic heterocycles. The molecule has 0 aromatic heterocycles. The third-order valence-corrected chi connectivity index (χ3v) is 5.86. The molecule has 9 nitrogen and oxygen atoms in total. The average molecular weight is 516 g/mol. The fourth-order valence-corrected chi connectivity index (χ4v) is 3.98. The van der Waals surface area contributed by atoms with Crippen LogP contribution in [0.5, 0.6) is 5.75 Å². The summed E-state index contributed by atoms with van der Waals surface area (Å²) < 4.78 is 10.3. The summed E-state index contributed by atoms with van der Waals surface area (Å²) in [6.07, 6.45) is 1.82. The van der Waals surface area contributed by atoms with Crippen molar-refractivity contribution in [3.8, 4) is 5.75 Å². The van der Waals surface area contributed by atoms with Gasteiger partial charge in [-0.15, -0.1) is 0 Å². The Balaban J connectivity index is 1.76. The molecule has 0 radical (unpaired) electrons. The van der Waals surface area contributed by atoms with E-state index < -0.39 is 11.9 Å². The van der Waals surface area contributed by atoms with Crippen molar-refractivity contribution in [2.75, 3.05) is 37.7 Å². The highest BCUT2D eigenvalue weighted by Gasteiger charge is 2.31. The van der Waals surface area contributed by atoms with E-state index in [-0.39, 0.29) is 55.2 Å². The number of amides is 3. The number of nitrogens with zero attached hydrogens (tertiary/aromatic N) is 2. The number of nitrogens with one attached hydrogen (secondary N) is 1. The van der Waals surface area contributed by atoms with Gasteiger partial charge in [0.1, 0.15) is 25.5 Å². The van der Waals surface area contributed by atoms with Gasteiger partial charge >= 0.3 is 5.97 Å². The van der Waals surface area contributed by atoms with Gasteiger partial charge in [-0.3, -0.25) is 24.1 Å². The maximum atomic E-state index is 13.5. The van der Waals surface area contributed by atoms with Crippen LogP contribution < -0.4 is 15.0 Å². The van der Waals surface area contributed by atoms with E-state index in [1.807, 2.05) is 19.1 Å². The summed E-state index contributed by atoms with van der Waals surface area (Å²) in [5.41, 5.74) is 1.54. The minimum absolute atomic E-state index is 0.0843. The molecule has 0 saturated carbocycles. The van der Waals surface area contributed by atoms with Crippen LogP contribution >= 0.6 is 11.6 Å². The Kier molecular flexibility index (Phi) is 9.69. The zero-order chi connectivity index (χ0) is 26.1. The maximum Gasteiger partial charge on any atom is 0.302 e. The van der Waals surface area contributed by atoms with E-state index >= 15 is 0 Å². The number of carbonyl (C=O) groups excluding carboxylic acids is 4. The largest absolute Gasteiger partial charge is 0.490 e. The number of esters is 1. The van der Waals surface area contributed by atoms with Crippen LogP contribution in [-0.4, -0.2) is 61.4 Å². The van der Waals surface area contributed by atoms with Gasteiger partial charge < -0.3 is 19.7 Å². The van der Waals surface area contributed by atoms with Gasteiger partial charge in [0.15, 0.2) is 0 Å². The van der Waals surface area contributed by atoms with Crippen LogP contribution in [0.25, 0.3) is 0 Å². The number of unbranched alkanes of at least 4 members (excludes halogenated alkanes) is 1. The van der Waals surface area contributed by atoms with Gasteiger partial charge in [0.05, 0.1) is 17.1 Å². The second-order valence-corrected chi connectivity index (χ2v) is 8.71. The Morgan fingerprint density at radius 1 is 1.08 bits per heavy atom. The van der Waals surface area contributed by atoms with Crippen molar-refractivity contribution in [3.05, 3.63) is 58.6 Å². The highest BCUT2D eigenvalue weighted by molar-refractivity contribution is 6.34. The number of benzene rings is 2. The Morgan fingerprint density at radius 2 is 1.86 bits per heavy atom. The zero-order valence-electron chi connectivity index (χ0n) is 20.4. The molecule has 3 rings (SSSR count). The normalized spacial score (nSPS) is 13.0.